The van der Waals surface area contributed by atoms with E-state index in [1.54, 1.807) is 20.3 Å². The second kappa shape index (κ2) is 6.60. The Labute approximate surface area is 121 Å². The van der Waals surface area contributed by atoms with Crippen LogP contribution in [0, 0.1) is 0 Å². The van der Waals surface area contributed by atoms with Crippen molar-refractivity contribution in [2.45, 2.75) is 13.1 Å². The van der Waals surface area contributed by atoms with Crippen molar-refractivity contribution in [1.82, 2.24) is 20.1 Å². The van der Waals surface area contributed by atoms with E-state index in [-0.39, 0.29) is 18.4 Å². The molecule has 0 bridgehead atoms. The SMILES string of the molecule is COc1ccc(CNC(=O)Cn2cnc(N)n2)cc1OC. The zero-order chi connectivity index (χ0) is 15.2. The molecular weight excluding hydrogens is 274 g/mol. The topological polar surface area (TPSA) is 104 Å². The summed E-state index contributed by atoms with van der Waals surface area (Å²) in [4.78, 5) is 15.5. The minimum absolute atomic E-state index is 0.0670. The number of nitrogens with zero attached hydrogens (tertiary/aromatic N) is 3. The first-order valence-corrected chi connectivity index (χ1v) is 6.25. The van der Waals surface area contributed by atoms with Crippen LogP contribution in [0.1, 0.15) is 5.56 Å². The minimum Gasteiger partial charge on any atom is -0.493 e. The Morgan fingerprint density at radius 3 is 2.71 bits per heavy atom. The normalized spacial score (nSPS) is 10.2. The molecule has 0 aliphatic heterocycles. The van der Waals surface area contributed by atoms with E-state index in [9.17, 15) is 4.79 Å². The molecule has 0 atom stereocenters. The number of anilines is 1. The van der Waals surface area contributed by atoms with Crippen LogP contribution in [-0.4, -0.2) is 34.9 Å². The van der Waals surface area contributed by atoms with Crippen LogP contribution in [0.2, 0.25) is 0 Å². The molecule has 2 aromatic rings. The van der Waals surface area contributed by atoms with Gasteiger partial charge in [-0.1, -0.05) is 6.07 Å². The smallest absolute Gasteiger partial charge is 0.242 e. The first-order valence-electron chi connectivity index (χ1n) is 6.25. The molecule has 0 aliphatic rings. The zero-order valence-electron chi connectivity index (χ0n) is 11.9. The van der Waals surface area contributed by atoms with Gasteiger partial charge in [-0.25, -0.2) is 9.67 Å². The lowest BCUT2D eigenvalue weighted by Crippen LogP contribution is -2.27. The summed E-state index contributed by atoms with van der Waals surface area (Å²) in [6.45, 7) is 0.445. The third-order valence-corrected chi connectivity index (χ3v) is 2.80. The van der Waals surface area contributed by atoms with Gasteiger partial charge >= 0.3 is 0 Å². The second-order valence-electron chi connectivity index (χ2n) is 4.27. The summed E-state index contributed by atoms with van der Waals surface area (Å²) >= 11 is 0. The van der Waals surface area contributed by atoms with E-state index in [0.29, 0.717) is 18.0 Å². The number of methoxy groups -OCH3 is 2. The van der Waals surface area contributed by atoms with Crippen molar-refractivity contribution < 1.29 is 14.3 Å². The molecule has 0 saturated heterocycles. The third-order valence-electron chi connectivity index (χ3n) is 2.80. The standard InChI is InChI=1S/C13H17N5O3/c1-20-10-4-3-9(5-11(10)21-2)6-15-12(19)7-18-8-16-13(14)17-18/h3-5,8H,6-7H2,1-2H3,(H2,14,17)(H,15,19). The zero-order valence-corrected chi connectivity index (χ0v) is 11.9. The molecule has 1 aromatic heterocycles. The number of ether oxygens (including phenoxy) is 2. The van der Waals surface area contributed by atoms with Crippen LogP contribution in [-0.2, 0) is 17.9 Å². The molecule has 0 spiro atoms. The number of nitrogen functional groups attached to an aromatic ring is 1. The molecular formula is C13H17N5O3. The summed E-state index contributed by atoms with van der Waals surface area (Å²) in [6.07, 6.45) is 1.41. The predicted molar refractivity (Wildman–Crippen MR) is 75.8 cm³/mol. The second-order valence-corrected chi connectivity index (χ2v) is 4.27. The highest BCUT2D eigenvalue weighted by atomic mass is 16.5. The van der Waals surface area contributed by atoms with Gasteiger partial charge in [-0.2, -0.15) is 0 Å². The van der Waals surface area contributed by atoms with Crippen molar-refractivity contribution >= 4 is 11.9 Å². The van der Waals surface area contributed by atoms with Gasteiger partial charge in [0.1, 0.15) is 12.9 Å². The van der Waals surface area contributed by atoms with Crippen LogP contribution in [0.5, 0.6) is 11.5 Å². The minimum atomic E-state index is -0.185. The van der Waals surface area contributed by atoms with Crippen molar-refractivity contribution in [1.29, 1.82) is 0 Å². The number of aromatic nitrogens is 3. The lowest BCUT2D eigenvalue weighted by Gasteiger charge is -2.10. The Hall–Kier alpha value is -2.77. The molecule has 0 aliphatic carbocycles. The highest BCUT2D eigenvalue weighted by molar-refractivity contribution is 5.75. The number of carbonyl (C=O) groups excluding carboxylic acids is 1. The molecule has 0 radical (unpaired) electrons. The van der Waals surface area contributed by atoms with Gasteiger partial charge in [-0.3, -0.25) is 4.79 Å². The summed E-state index contributed by atoms with van der Waals surface area (Å²) < 4.78 is 11.7. The lowest BCUT2D eigenvalue weighted by atomic mass is 10.2. The number of carbonyl (C=O) groups is 1. The molecule has 0 saturated carbocycles. The van der Waals surface area contributed by atoms with Crippen molar-refractivity contribution in [3.8, 4) is 11.5 Å². The van der Waals surface area contributed by atoms with E-state index >= 15 is 0 Å². The van der Waals surface area contributed by atoms with Crippen LogP contribution in [0.15, 0.2) is 24.5 Å². The number of nitrogens with two attached hydrogens (primary N) is 1. The van der Waals surface area contributed by atoms with Gasteiger partial charge in [0.2, 0.25) is 11.9 Å². The summed E-state index contributed by atoms with van der Waals surface area (Å²) in [7, 11) is 3.14. The monoisotopic (exact) mass is 291 g/mol. The number of amides is 1. The third kappa shape index (κ3) is 3.85. The van der Waals surface area contributed by atoms with Gasteiger partial charge in [0.05, 0.1) is 14.2 Å². The molecule has 2 rings (SSSR count). The fourth-order valence-electron chi connectivity index (χ4n) is 1.78. The molecule has 8 heteroatoms. The largest absolute Gasteiger partial charge is 0.493 e. The van der Waals surface area contributed by atoms with Crippen molar-refractivity contribution in [3.63, 3.8) is 0 Å². The number of benzene rings is 1. The van der Waals surface area contributed by atoms with Gasteiger partial charge in [0, 0.05) is 6.54 Å². The van der Waals surface area contributed by atoms with Crippen LogP contribution >= 0.6 is 0 Å². The first-order chi connectivity index (χ1) is 10.1. The summed E-state index contributed by atoms with van der Waals surface area (Å²) in [5, 5.41) is 6.62. The van der Waals surface area contributed by atoms with E-state index in [2.05, 4.69) is 15.4 Å². The number of nitrogens with one attached hydrogen (secondary N) is 1. The maximum absolute atomic E-state index is 11.8. The Balaban J connectivity index is 1.91. The Kier molecular flexibility index (Phi) is 4.60. The first kappa shape index (κ1) is 14.6. The van der Waals surface area contributed by atoms with E-state index < -0.39 is 0 Å². The van der Waals surface area contributed by atoms with Gasteiger partial charge in [0.15, 0.2) is 11.5 Å². The molecule has 8 nitrogen and oxygen atoms in total. The molecule has 1 amide bonds. The quantitative estimate of drug-likeness (QED) is 0.787. The van der Waals surface area contributed by atoms with Crippen molar-refractivity contribution in [2.24, 2.45) is 0 Å². The molecule has 0 fully saturated rings. The molecule has 21 heavy (non-hydrogen) atoms. The Morgan fingerprint density at radius 1 is 1.33 bits per heavy atom. The number of hydrogen-bond donors (Lipinski definition) is 2. The average molecular weight is 291 g/mol. The molecule has 0 unspecified atom stereocenters. The van der Waals surface area contributed by atoms with Crippen LogP contribution in [0.3, 0.4) is 0 Å². The number of rotatable bonds is 6. The van der Waals surface area contributed by atoms with E-state index in [4.69, 9.17) is 15.2 Å². The number of hydrogen-bond acceptors (Lipinski definition) is 6. The maximum Gasteiger partial charge on any atom is 0.242 e. The highest BCUT2D eigenvalue weighted by Gasteiger charge is 2.07. The highest BCUT2D eigenvalue weighted by Crippen LogP contribution is 2.27. The van der Waals surface area contributed by atoms with Gasteiger partial charge in [-0.05, 0) is 17.7 Å². The average Bonchev–Trinajstić information content (AvgIpc) is 2.89. The molecule has 112 valence electrons. The van der Waals surface area contributed by atoms with Crippen molar-refractivity contribution in [2.75, 3.05) is 20.0 Å². The molecule has 1 aromatic carbocycles. The predicted octanol–water partition coefficient (Wildman–Crippen LogP) is 0.194. The molecule has 3 N–H and O–H groups in total. The summed E-state index contributed by atoms with van der Waals surface area (Å²) in [5.41, 5.74) is 6.28. The van der Waals surface area contributed by atoms with Gasteiger partial charge in [-0.15, -0.1) is 5.10 Å². The van der Waals surface area contributed by atoms with E-state index in [1.165, 1.54) is 11.0 Å². The van der Waals surface area contributed by atoms with Crippen LogP contribution in [0.4, 0.5) is 5.95 Å². The van der Waals surface area contributed by atoms with E-state index in [0.717, 1.165) is 5.56 Å². The summed E-state index contributed by atoms with van der Waals surface area (Å²) in [5.74, 6) is 1.22. The van der Waals surface area contributed by atoms with Crippen LogP contribution < -0.4 is 20.5 Å². The van der Waals surface area contributed by atoms with Gasteiger partial charge < -0.3 is 20.5 Å². The fraction of sp³-hybridized carbons (Fsp3) is 0.308. The summed E-state index contributed by atoms with van der Waals surface area (Å²) in [6, 6.07) is 5.46. The van der Waals surface area contributed by atoms with Crippen LogP contribution in [0.25, 0.3) is 0 Å². The van der Waals surface area contributed by atoms with Gasteiger partial charge in [0.25, 0.3) is 0 Å². The Morgan fingerprint density at radius 2 is 2.10 bits per heavy atom. The van der Waals surface area contributed by atoms with Crippen molar-refractivity contribution in [3.05, 3.63) is 30.1 Å². The lowest BCUT2D eigenvalue weighted by molar-refractivity contribution is -0.122. The fourth-order valence-corrected chi connectivity index (χ4v) is 1.78. The van der Waals surface area contributed by atoms with E-state index in [1.807, 2.05) is 12.1 Å². The maximum atomic E-state index is 11.8. The molecule has 1 heterocycles. The Bertz CT molecular complexity index is 626.